The number of unbranched alkanes of at least 4 members (excludes halogenated alkanes) is 4. The number of carbonyl (C=O) groups excluding carboxylic acids is 19. The van der Waals surface area contributed by atoms with Gasteiger partial charge in [0.2, 0.25) is 41.4 Å². The van der Waals surface area contributed by atoms with Crippen LogP contribution in [0.4, 0.5) is 0 Å². The van der Waals surface area contributed by atoms with Gasteiger partial charge in [-0.2, -0.15) is 0 Å². The molecular weight excluding hydrogens is 1710 g/mol. The molecule has 7 unspecified atom stereocenters. The fraction of sp³-hybridized carbons (Fsp3) is 0.762. The van der Waals surface area contributed by atoms with Crippen molar-refractivity contribution in [3.8, 4) is 0 Å². The summed E-state index contributed by atoms with van der Waals surface area (Å²) < 4.78 is 90.6. The number of hydrogen-bond acceptors (Lipinski definition) is 37. The summed E-state index contributed by atoms with van der Waals surface area (Å²) in [6.07, 6.45) is -14.5. The van der Waals surface area contributed by atoms with Gasteiger partial charge in [-0.15, -0.1) is 0 Å². The summed E-state index contributed by atoms with van der Waals surface area (Å²) in [5, 5.41) is 13.4. The van der Waals surface area contributed by atoms with Crippen LogP contribution in [-0.4, -0.2) is 305 Å². The number of esters is 10. The average Bonchev–Trinajstić information content (AvgIpc) is 0.796. The number of ketones is 2. The maximum atomic E-state index is 14.5. The zero-order valence-electron chi connectivity index (χ0n) is 73.4. The molecule has 0 aromatic rings. The van der Waals surface area contributed by atoms with Crippen molar-refractivity contribution in [2.24, 2.45) is 0 Å². The monoisotopic (exact) mass is 1840 g/mol. The van der Waals surface area contributed by atoms with Crippen LogP contribution in [0, 0.1) is 0 Å². The molecule has 3 aliphatic heterocycles. The number of hydrogen-bond donors (Lipinski definition) is 5. The molecule has 3 saturated heterocycles. The fourth-order valence-corrected chi connectivity index (χ4v) is 14.7. The summed E-state index contributed by atoms with van der Waals surface area (Å²) in [4.78, 5) is 244. The van der Waals surface area contributed by atoms with Crippen molar-refractivity contribution in [3.63, 3.8) is 0 Å². The van der Waals surface area contributed by atoms with Gasteiger partial charge in [-0.1, -0.05) is 12.7 Å². The number of carbonyl (C=O) groups is 19. The summed E-state index contributed by atoms with van der Waals surface area (Å²) in [7, 11) is 2.46. The molecule has 7 amide bonds. The molecule has 0 radical (unpaired) electrons. The Kier molecular flexibility index (Phi) is 52.7. The highest BCUT2D eigenvalue weighted by molar-refractivity contribution is 8.39. The van der Waals surface area contributed by atoms with Gasteiger partial charge in [0.25, 0.3) is 0 Å². The Morgan fingerprint density at radius 1 is 0.376 bits per heavy atom. The van der Waals surface area contributed by atoms with Crippen LogP contribution >= 0.6 is 8.02 Å². The number of nitrogens with one attached hydrogen (secondary N) is 5. The smallest absolute Gasteiger partial charge is 0.306 e. The molecule has 3 rings (SSSR count). The maximum Gasteiger partial charge on any atom is 0.306 e. The molecule has 0 aliphatic carbocycles. The van der Waals surface area contributed by atoms with Crippen LogP contribution in [0.15, 0.2) is 0 Å². The molecule has 0 aromatic heterocycles. The minimum Gasteiger partial charge on any atom is -0.463 e. The van der Waals surface area contributed by atoms with Gasteiger partial charge in [-0.3, -0.25) is 106 Å². The van der Waals surface area contributed by atoms with E-state index in [1.807, 2.05) is 0 Å². The molecule has 16 atom stereocenters. The van der Waals surface area contributed by atoms with Crippen LogP contribution < -0.4 is 26.6 Å². The second-order valence-corrected chi connectivity index (χ2v) is 34.4. The van der Waals surface area contributed by atoms with Crippen LogP contribution in [-0.2, 0) is 187 Å². The Bertz CT molecular complexity index is 3700. The highest BCUT2D eigenvalue weighted by Crippen LogP contribution is 2.32. The number of ether oxygens (including phenoxy) is 16. The van der Waals surface area contributed by atoms with E-state index in [0.717, 1.165) is 62.3 Å². The number of rotatable bonds is 58. The first kappa shape index (κ1) is 110. The van der Waals surface area contributed by atoms with E-state index in [4.69, 9.17) is 87.0 Å². The van der Waals surface area contributed by atoms with Crippen molar-refractivity contribution in [2.45, 2.75) is 310 Å². The molecule has 3 fully saturated rings. The van der Waals surface area contributed by atoms with E-state index in [1.165, 1.54) is 25.7 Å². The van der Waals surface area contributed by atoms with Crippen molar-refractivity contribution in [1.82, 2.24) is 36.4 Å². The zero-order valence-corrected chi connectivity index (χ0v) is 76.0. The number of Topliss-reactive ketones (excluding diaryl/α,β-unsaturated/α-hetero) is 2. The summed E-state index contributed by atoms with van der Waals surface area (Å²) in [6, 6.07) is -3.68. The first-order valence-corrected chi connectivity index (χ1v) is 45.1. The molecular formula is C80H125N7O35PS2-. The van der Waals surface area contributed by atoms with E-state index < -0.39 is 216 Å². The Morgan fingerprint density at radius 2 is 0.720 bits per heavy atom. The Morgan fingerprint density at radius 3 is 1.09 bits per heavy atom. The molecule has 3 aliphatic rings. The molecule has 0 saturated carbocycles. The minimum atomic E-state index is -1.39. The SMILES string of the molecule is CCC(CNC(=O)CCC(=O)N(CCCNC(=O)CCCCO[C@@H]1OC(COC(C)=O)[C@H](OC(C)=O)[C@H](OC(C)=O)C1NC(C)=O)CCCN(CCCCC(=O)CCCCO[C@@H]1OC(COC(C)=O)[C@H](OC(C)=O)[C@H](OC(C)=O)C1NC(C)=O)C(=O)CCCCO[C@@H]1OC(COC(C)=O)[C@H](OC(C)=O)[C@H](OC(C)=O)C1NC(C)=O)OC(=O)CCC(=O)C[S-](=P)=S. The highest BCUT2D eigenvalue weighted by atomic mass is 32.9. The van der Waals surface area contributed by atoms with Crippen LogP contribution in [0.25, 0.3) is 0 Å². The lowest BCUT2D eigenvalue weighted by Gasteiger charge is -2.44. The predicted octanol–water partition coefficient (Wildman–Crippen LogP) is 1.51. The first-order valence-electron chi connectivity index (χ1n) is 41.5. The van der Waals surface area contributed by atoms with Crippen LogP contribution in [0.2, 0.25) is 0 Å². The molecule has 3 heterocycles. The third kappa shape index (κ3) is 45.8. The predicted molar refractivity (Wildman–Crippen MR) is 440 cm³/mol. The lowest BCUT2D eigenvalue weighted by molar-refractivity contribution is -0.277. The zero-order chi connectivity index (χ0) is 93.4. The third-order valence-electron chi connectivity index (χ3n) is 18.9. The van der Waals surface area contributed by atoms with Gasteiger partial charge in [0, 0.05) is 181 Å². The molecule has 0 bridgehead atoms. The lowest BCUT2D eigenvalue weighted by atomic mass is 9.96. The van der Waals surface area contributed by atoms with Gasteiger partial charge in [0.05, 0.1) is 13.0 Å². The molecule has 0 aromatic carbocycles. The van der Waals surface area contributed by atoms with Crippen molar-refractivity contribution in [2.75, 3.05) is 84.7 Å². The van der Waals surface area contributed by atoms with E-state index in [0.29, 0.717) is 25.7 Å². The quantitative estimate of drug-likeness (QED) is 0.0189. The van der Waals surface area contributed by atoms with Gasteiger partial charge in [0.15, 0.2) is 55.5 Å². The first-order chi connectivity index (χ1) is 59.1. The largest absolute Gasteiger partial charge is 0.463 e. The van der Waals surface area contributed by atoms with E-state index in [1.54, 1.807) is 11.8 Å². The second kappa shape index (κ2) is 59.8. The molecule has 125 heavy (non-hydrogen) atoms. The van der Waals surface area contributed by atoms with Gasteiger partial charge in [-0.05, 0) is 70.6 Å². The van der Waals surface area contributed by atoms with E-state index in [2.05, 4.69) is 34.6 Å². The minimum absolute atomic E-state index is 0.00678. The van der Waals surface area contributed by atoms with E-state index >= 15 is 0 Å². The van der Waals surface area contributed by atoms with Crippen LogP contribution in [0.5, 0.6) is 0 Å². The van der Waals surface area contributed by atoms with Crippen molar-refractivity contribution in [1.29, 1.82) is 0 Å². The molecule has 708 valence electrons. The average molecular weight is 1840 g/mol. The van der Waals surface area contributed by atoms with E-state index in [9.17, 15) is 91.1 Å². The summed E-state index contributed by atoms with van der Waals surface area (Å²) >= 11 is 5.02. The Balaban J connectivity index is 1.87. The van der Waals surface area contributed by atoms with E-state index in [-0.39, 0.29) is 185 Å². The Hall–Kier alpha value is -9.04. The highest BCUT2D eigenvalue weighted by Gasteiger charge is 2.54. The van der Waals surface area contributed by atoms with Gasteiger partial charge >= 0.3 is 59.7 Å². The summed E-state index contributed by atoms with van der Waals surface area (Å²) in [5.41, 5.74) is 0. The summed E-state index contributed by atoms with van der Waals surface area (Å²) in [6.45, 7) is 14.0. The topological polar surface area (TPSA) is 539 Å². The third-order valence-corrected chi connectivity index (χ3v) is 20.2. The Labute approximate surface area is 735 Å². The summed E-state index contributed by atoms with van der Waals surface area (Å²) in [5.74, 6) is -11.3. The normalized spacial score (nSPS) is 22.2. The van der Waals surface area contributed by atoms with Gasteiger partial charge in [-0.25, -0.2) is 0 Å². The second-order valence-electron chi connectivity index (χ2n) is 29.8. The van der Waals surface area contributed by atoms with Gasteiger partial charge < -0.3 is 126 Å². The van der Waals surface area contributed by atoms with Crippen LogP contribution in [0.3, 0.4) is 0 Å². The van der Waals surface area contributed by atoms with Crippen LogP contribution in [0.1, 0.15) is 212 Å². The molecule has 5 N–H and O–H groups in total. The van der Waals surface area contributed by atoms with Crippen molar-refractivity contribution >= 4 is 140 Å². The standard InChI is InChI=1S/C80H125N7O35PS2/c1-14-60(119-68(106)32-29-59(101)45-125(123)124)41-82-65(103)30-31-67(105)87(35-23-33-81-64(102)27-17-21-39-108-79-70(84-47(3)89)76(117-56(12)98)73(114-53(9)95)62(121-79)43-111-50(6)92)37-24-36-86(66(104)28-18-22-40-109-80-71(85-48(4)90)77(118-57(13)99)74(115-54(10)96)63(122-80)44-112-51(7)93)34-19-15-25-58(100)26-16-20-38-107-78-69(83-46(2)88)75(116-55(11)97)72(113-52(8)94)61(120-78)42-110-49(5)91/h60-63,69-80,123H,14-45H2,1-13H3,(H,81,102)(H,82,103)(H,83,88)(H,84,89)(H,85,90)/q-1/t60?,61?,62?,63?,69?,70?,71?,72-,73-,74-,75+,76+,77+,78+,79+,80+/m0/s1. The lowest BCUT2D eigenvalue weighted by Crippen LogP contribution is -2.66. The van der Waals surface area contributed by atoms with Gasteiger partial charge in [0.1, 0.15) is 73.9 Å². The maximum absolute atomic E-state index is 14.5. The fourth-order valence-electron chi connectivity index (χ4n) is 13.4. The molecule has 0 spiro atoms. The van der Waals surface area contributed by atoms with Crippen molar-refractivity contribution < 1.29 is 167 Å². The molecule has 45 heteroatoms. The number of nitrogens with zero attached hydrogens (tertiary/aromatic N) is 2. The molecule has 42 nitrogen and oxygen atoms in total. The number of amides is 7. The van der Waals surface area contributed by atoms with Crippen molar-refractivity contribution in [3.05, 3.63) is 0 Å².